The van der Waals surface area contributed by atoms with Crippen LogP contribution in [-0.2, 0) is 14.3 Å². The van der Waals surface area contributed by atoms with Gasteiger partial charge in [-0.05, 0) is 12.8 Å². The molecule has 0 saturated carbocycles. The quantitative estimate of drug-likeness (QED) is 0.0466. The van der Waals surface area contributed by atoms with Gasteiger partial charge in [0.25, 0.3) is 0 Å². The topological polar surface area (TPSA) is 128 Å². The van der Waals surface area contributed by atoms with Crippen LogP contribution in [0.4, 0.5) is 0 Å². The Hall–Kier alpha value is -0.770. The Balaban J connectivity index is 2.35. The highest BCUT2D eigenvalue weighted by Crippen LogP contribution is 2.22. The molecule has 274 valence electrons. The van der Waals surface area contributed by atoms with Gasteiger partial charge in [0.15, 0.2) is 6.29 Å². The van der Waals surface area contributed by atoms with Gasteiger partial charge in [-0.25, -0.2) is 0 Å². The Labute approximate surface area is 282 Å². The molecule has 0 aromatic carbocycles. The van der Waals surface area contributed by atoms with Crippen molar-refractivity contribution in [2.45, 2.75) is 224 Å². The molecule has 1 aliphatic rings. The molecule has 0 aliphatic carbocycles. The van der Waals surface area contributed by atoms with Crippen LogP contribution in [0.2, 0.25) is 0 Å². The summed E-state index contributed by atoms with van der Waals surface area (Å²) in [6, 6.07) is -0.585. The van der Waals surface area contributed by atoms with Crippen LogP contribution in [-0.4, -0.2) is 76.3 Å². The largest absolute Gasteiger partial charge is 0.394 e. The number of hydrogen-bond acceptors (Lipinski definition) is 7. The van der Waals surface area contributed by atoms with Crippen molar-refractivity contribution < 1.29 is 34.7 Å². The maximum absolute atomic E-state index is 12.8. The van der Waals surface area contributed by atoms with E-state index in [1.165, 1.54) is 116 Å². The number of carbonyl (C=O) groups is 1. The van der Waals surface area contributed by atoms with Gasteiger partial charge in [0, 0.05) is 12.8 Å². The average molecular weight is 658 g/mol. The molecule has 8 heteroatoms. The number of hydrogen-bond donors (Lipinski definition) is 5. The molecule has 0 unspecified atom stereocenters. The molecule has 8 nitrogen and oxygen atoms in total. The van der Waals surface area contributed by atoms with Crippen molar-refractivity contribution in [3.63, 3.8) is 0 Å². The molecule has 1 aliphatic heterocycles. The molecule has 5 N–H and O–H groups in total. The summed E-state index contributed by atoms with van der Waals surface area (Å²) in [6.45, 7) is 4.11. The van der Waals surface area contributed by atoms with Gasteiger partial charge in [-0.3, -0.25) is 4.79 Å². The fraction of sp³-hybridized carbons (Fsp3) is 0.974. The van der Waals surface area contributed by atoms with Crippen molar-refractivity contribution >= 4 is 5.91 Å². The van der Waals surface area contributed by atoms with Crippen molar-refractivity contribution in [3.8, 4) is 0 Å². The second kappa shape index (κ2) is 30.3. The summed E-state index contributed by atoms with van der Waals surface area (Å²) in [7, 11) is 0. The Bertz CT molecular complexity index is 681. The number of aliphatic hydroxyl groups is 4. The molecular weight excluding hydrogens is 582 g/mol. The number of amides is 1. The molecule has 0 bridgehead atoms. The van der Waals surface area contributed by atoms with Gasteiger partial charge in [0.2, 0.25) is 5.91 Å². The van der Waals surface area contributed by atoms with Crippen LogP contribution in [0.5, 0.6) is 0 Å². The molecule has 1 rings (SSSR count). The number of nitrogens with one attached hydrogen (secondary N) is 1. The average Bonchev–Trinajstić information content (AvgIpc) is 3.05. The fourth-order valence-electron chi connectivity index (χ4n) is 6.43. The third kappa shape index (κ3) is 22.7. The number of aliphatic hydroxyl groups excluding tert-OH is 4. The Kier molecular flexibility index (Phi) is 28.5. The molecule has 6 atom stereocenters. The van der Waals surface area contributed by atoms with Crippen molar-refractivity contribution in [1.29, 1.82) is 0 Å². The lowest BCUT2D eigenvalue weighted by Gasteiger charge is -2.37. The zero-order valence-corrected chi connectivity index (χ0v) is 30.0. The lowest BCUT2D eigenvalue weighted by molar-refractivity contribution is -0.259. The molecular formula is C38H75NO7. The summed E-state index contributed by atoms with van der Waals surface area (Å²) in [6.07, 6.45) is 26.2. The Morgan fingerprint density at radius 3 is 1.61 bits per heavy atom. The molecule has 0 aromatic rings. The van der Waals surface area contributed by atoms with Gasteiger partial charge in [0.05, 0.1) is 31.5 Å². The van der Waals surface area contributed by atoms with Crippen LogP contribution in [0.25, 0.3) is 0 Å². The van der Waals surface area contributed by atoms with Gasteiger partial charge >= 0.3 is 0 Å². The monoisotopic (exact) mass is 658 g/mol. The Morgan fingerprint density at radius 1 is 0.717 bits per heavy atom. The lowest BCUT2D eigenvalue weighted by atomic mass is 10.0. The normalized spacial score (nSPS) is 21.3. The maximum Gasteiger partial charge on any atom is 0.220 e. The first-order valence-electron chi connectivity index (χ1n) is 19.6. The fourth-order valence-corrected chi connectivity index (χ4v) is 6.43. The molecule has 1 heterocycles. The number of carbonyl (C=O) groups excluding carboxylic acids is 1. The predicted molar refractivity (Wildman–Crippen MR) is 188 cm³/mol. The van der Waals surface area contributed by atoms with Gasteiger partial charge in [-0.2, -0.15) is 0 Å². The van der Waals surface area contributed by atoms with E-state index in [4.69, 9.17) is 9.47 Å². The van der Waals surface area contributed by atoms with Crippen molar-refractivity contribution in [2.75, 3.05) is 13.2 Å². The standard InChI is InChI=1S/C38H75NO7/c1-3-5-7-9-11-13-15-16-18-19-21-23-25-27-33(41)32(31-45-37-29-34(42)38(44)35(30-40)46-37)39-36(43)28-26-24-22-20-17-14-12-10-8-6-4-2/h32-35,37-38,40-42,44H,3-31H2,1-2H3,(H,39,43)/t32-,33-,34-,35-,37+,38-/m1/s1. The van der Waals surface area contributed by atoms with Crippen LogP contribution in [0.15, 0.2) is 0 Å². The third-order valence-corrected chi connectivity index (χ3v) is 9.60. The minimum Gasteiger partial charge on any atom is -0.394 e. The lowest BCUT2D eigenvalue weighted by Crippen LogP contribution is -2.52. The van der Waals surface area contributed by atoms with Gasteiger partial charge < -0.3 is 35.2 Å². The molecule has 0 radical (unpaired) electrons. The number of ether oxygens (including phenoxy) is 2. The van der Waals surface area contributed by atoms with Crippen LogP contribution in [0.3, 0.4) is 0 Å². The minimum atomic E-state index is -1.17. The summed E-state index contributed by atoms with van der Waals surface area (Å²) < 4.78 is 11.5. The number of unbranched alkanes of at least 4 members (excludes halogenated alkanes) is 22. The zero-order valence-electron chi connectivity index (χ0n) is 30.0. The van der Waals surface area contributed by atoms with Crippen LogP contribution < -0.4 is 5.32 Å². The minimum absolute atomic E-state index is 0.0369. The van der Waals surface area contributed by atoms with Gasteiger partial charge in [0.1, 0.15) is 12.2 Å². The summed E-state index contributed by atoms with van der Waals surface area (Å²) >= 11 is 0. The smallest absolute Gasteiger partial charge is 0.220 e. The predicted octanol–water partition coefficient (Wildman–Crippen LogP) is 7.86. The zero-order chi connectivity index (χ0) is 33.7. The molecule has 1 fully saturated rings. The molecule has 0 spiro atoms. The van der Waals surface area contributed by atoms with Crippen molar-refractivity contribution in [1.82, 2.24) is 5.32 Å². The highest BCUT2D eigenvalue weighted by atomic mass is 16.7. The maximum atomic E-state index is 12.8. The van der Waals surface area contributed by atoms with Gasteiger partial charge in [-0.15, -0.1) is 0 Å². The summed E-state index contributed by atoms with van der Waals surface area (Å²) in [4.78, 5) is 12.8. The third-order valence-electron chi connectivity index (χ3n) is 9.60. The second-order valence-electron chi connectivity index (χ2n) is 14.0. The van der Waals surface area contributed by atoms with Crippen molar-refractivity contribution in [2.24, 2.45) is 0 Å². The van der Waals surface area contributed by atoms with Crippen LogP contribution >= 0.6 is 0 Å². The summed E-state index contributed by atoms with van der Waals surface area (Å²) in [5.74, 6) is -0.0813. The number of rotatable bonds is 32. The summed E-state index contributed by atoms with van der Waals surface area (Å²) in [5, 5.41) is 43.7. The van der Waals surface area contributed by atoms with Crippen LogP contribution in [0, 0.1) is 0 Å². The van der Waals surface area contributed by atoms with E-state index >= 15 is 0 Å². The highest BCUT2D eigenvalue weighted by molar-refractivity contribution is 5.76. The first-order chi connectivity index (χ1) is 22.4. The molecule has 1 amide bonds. The van der Waals surface area contributed by atoms with Gasteiger partial charge in [-0.1, -0.05) is 162 Å². The SMILES string of the molecule is CCCCCCCCCCCCCCC[C@@H](O)[C@@H](CO[C@@H]1C[C@@H](O)[C@@H](O)[C@@H](CO)O1)NC(=O)CCCCCCCCCCCCC. The van der Waals surface area contributed by atoms with Crippen molar-refractivity contribution in [3.05, 3.63) is 0 Å². The van der Waals surface area contributed by atoms with Crippen LogP contribution in [0.1, 0.15) is 187 Å². The van der Waals surface area contributed by atoms with E-state index in [-0.39, 0.29) is 18.9 Å². The van der Waals surface area contributed by atoms with E-state index < -0.39 is 43.4 Å². The Morgan fingerprint density at radius 2 is 1.15 bits per heavy atom. The van der Waals surface area contributed by atoms with E-state index in [9.17, 15) is 25.2 Å². The molecule has 1 saturated heterocycles. The molecule has 0 aromatic heterocycles. The van der Waals surface area contributed by atoms with E-state index in [0.717, 1.165) is 38.5 Å². The molecule has 46 heavy (non-hydrogen) atoms. The van der Waals surface area contributed by atoms with E-state index in [1.54, 1.807) is 0 Å². The highest BCUT2D eigenvalue weighted by Gasteiger charge is 2.37. The first kappa shape index (κ1) is 43.3. The van der Waals surface area contributed by atoms with E-state index in [1.807, 2.05) is 0 Å². The summed E-state index contributed by atoms with van der Waals surface area (Å²) in [5.41, 5.74) is 0. The van der Waals surface area contributed by atoms with E-state index in [2.05, 4.69) is 19.2 Å². The second-order valence-corrected chi connectivity index (χ2v) is 14.0. The first-order valence-corrected chi connectivity index (χ1v) is 19.6. The van der Waals surface area contributed by atoms with E-state index in [0.29, 0.717) is 12.8 Å².